The van der Waals surface area contributed by atoms with Crippen LogP contribution in [-0.4, -0.2) is 33.3 Å². The summed E-state index contributed by atoms with van der Waals surface area (Å²) < 4.78 is 7.34. The van der Waals surface area contributed by atoms with Gasteiger partial charge in [0.15, 0.2) is 0 Å². The fourth-order valence-corrected chi connectivity index (χ4v) is 2.12. The molecule has 0 saturated carbocycles. The number of ether oxygens (including phenoxy) is 1. The van der Waals surface area contributed by atoms with Crippen molar-refractivity contribution in [2.24, 2.45) is 0 Å². The number of aromatic hydroxyl groups is 1. The molecule has 5 nitrogen and oxygen atoms in total. The smallest absolute Gasteiger partial charge is 0.117 e. The van der Waals surface area contributed by atoms with Gasteiger partial charge >= 0.3 is 0 Å². The molecule has 2 heterocycles. The zero-order valence-corrected chi connectivity index (χ0v) is 8.83. The van der Waals surface area contributed by atoms with E-state index in [-0.39, 0.29) is 11.8 Å². The van der Waals surface area contributed by atoms with Gasteiger partial charge in [-0.15, -0.1) is 5.10 Å². The van der Waals surface area contributed by atoms with Crippen LogP contribution in [-0.2, 0) is 4.74 Å². The number of benzene rings is 1. The quantitative estimate of drug-likeness (QED) is 0.789. The van der Waals surface area contributed by atoms with Gasteiger partial charge in [0.25, 0.3) is 0 Å². The van der Waals surface area contributed by atoms with Gasteiger partial charge in [-0.05, 0) is 25.0 Å². The molecule has 1 atom stereocenters. The highest BCUT2D eigenvalue weighted by molar-refractivity contribution is 5.75. The lowest BCUT2D eigenvalue weighted by atomic mass is 10.1. The summed E-state index contributed by atoms with van der Waals surface area (Å²) in [5.74, 6) is 0.222. The Morgan fingerprint density at radius 1 is 1.44 bits per heavy atom. The number of nitrogens with zero attached hydrogens (tertiary/aromatic N) is 3. The minimum absolute atomic E-state index is 0.222. The molecule has 0 spiro atoms. The number of hydrogen-bond donors (Lipinski definition) is 1. The second kappa shape index (κ2) is 3.75. The Balaban J connectivity index is 2.03. The maximum absolute atomic E-state index is 9.35. The summed E-state index contributed by atoms with van der Waals surface area (Å²) in [5.41, 5.74) is 1.68. The molecule has 5 heteroatoms. The molecule has 3 rings (SSSR count). The van der Waals surface area contributed by atoms with Crippen molar-refractivity contribution in [2.75, 3.05) is 13.2 Å². The van der Waals surface area contributed by atoms with Crippen LogP contribution in [0.4, 0.5) is 0 Å². The minimum atomic E-state index is 0.222. The van der Waals surface area contributed by atoms with Crippen LogP contribution in [0.3, 0.4) is 0 Å². The summed E-state index contributed by atoms with van der Waals surface area (Å²) in [5, 5.41) is 17.5. The van der Waals surface area contributed by atoms with E-state index in [1.165, 1.54) is 0 Å². The predicted molar refractivity (Wildman–Crippen MR) is 58.3 cm³/mol. The van der Waals surface area contributed by atoms with E-state index in [1.807, 2.05) is 10.7 Å². The van der Waals surface area contributed by atoms with Gasteiger partial charge in [0.2, 0.25) is 0 Å². The van der Waals surface area contributed by atoms with Gasteiger partial charge in [0.05, 0.1) is 18.2 Å². The third kappa shape index (κ3) is 1.53. The molecule has 1 aliphatic heterocycles. The summed E-state index contributed by atoms with van der Waals surface area (Å²) in [6.45, 7) is 1.53. The third-order valence-electron chi connectivity index (χ3n) is 2.94. The van der Waals surface area contributed by atoms with Crippen molar-refractivity contribution < 1.29 is 9.84 Å². The monoisotopic (exact) mass is 219 g/mol. The van der Waals surface area contributed by atoms with E-state index in [1.54, 1.807) is 12.1 Å². The summed E-state index contributed by atoms with van der Waals surface area (Å²) in [4.78, 5) is 0. The van der Waals surface area contributed by atoms with Gasteiger partial charge in [-0.1, -0.05) is 5.21 Å². The molecule has 1 saturated heterocycles. The third-order valence-corrected chi connectivity index (χ3v) is 2.94. The van der Waals surface area contributed by atoms with Gasteiger partial charge in [-0.3, -0.25) is 0 Å². The molecule has 0 bridgehead atoms. The maximum atomic E-state index is 9.35. The molecule has 1 aromatic carbocycles. The summed E-state index contributed by atoms with van der Waals surface area (Å²) >= 11 is 0. The molecule has 0 aliphatic carbocycles. The summed E-state index contributed by atoms with van der Waals surface area (Å²) in [6, 6.07) is 5.40. The second-order valence-corrected chi connectivity index (χ2v) is 4.08. The number of rotatable bonds is 1. The first-order chi connectivity index (χ1) is 7.84. The van der Waals surface area contributed by atoms with E-state index in [2.05, 4.69) is 10.3 Å². The molecule has 1 N–H and O–H groups in total. The number of phenolic OH excluding ortho intramolecular Hbond substituents is 1. The van der Waals surface area contributed by atoms with Crippen molar-refractivity contribution in [1.82, 2.24) is 15.0 Å². The number of hydrogen-bond acceptors (Lipinski definition) is 4. The molecule has 0 radical (unpaired) electrons. The van der Waals surface area contributed by atoms with E-state index < -0.39 is 0 Å². The van der Waals surface area contributed by atoms with E-state index in [0.717, 1.165) is 30.5 Å². The first kappa shape index (κ1) is 9.59. The Morgan fingerprint density at radius 3 is 3.19 bits per heavy atom. The van der Waals surface area contributed by atoms with Crippen molar-refractivity contribution in [3.05, 3.63) is 18.2 Å². The fourth-order valence-electron chi connectivity index (χ4n) is 2.12. The van der Waals surface area contributed by atoms with Crippen LogP contribution in [0, 0.1) is 0 Å². The lowest BCUT2D eigenvalue weighted by Gasteiger charge is -2.22. The first-order valence-electron chi connectivity index (χ1n) is 5.46. The zero-order chi connectivity index (χ0) is 11.0. The van der Waals surface area contributed by atoms with Gasteiger partial charge in [0.1, 0.15) is 11.3 Å². The molecule has 2 aromatic rings. The van der Waals surface area contributed by atoms with Crippen LogP contribution in [0.5, 0.6) is 5.75 Å². The van der Waals surface area contributed by atoms with Gasteiger partial charge in [-0.25, -0.2) is 4.68 Å². The van der Waals surface area contributed by atoms with Crippen molar-refractivity contribution >= 4 is 11.0 Å². The SMILES string of the molecule is Oc1ccc2c(c1)nnn2C1CCCOC1. The van der Waals surface area contributed by atoms with E-state index in [4.69, 9.17) is 4.74 Å². The highest BCUT2D eigenvalue weighted by Crippen LogP contribution is 2.24. The van der Waals surface area contributed by atoms with Crippen molar-refractivity contribution in [3.63, 3.8) is 0 Å². The van der Waals surface area contributed by atoms with E-state index in [9.17, 15) is 5.11 Å². The number of phenols is 1. The Bertz CT molecular complexity index is 503. The largest absolute Gasteiger partial charge is 0.508 e. The summed E-state index contributed by atoms with van der Waals surface area (Å²) in [6.07, 6.45) is 2.13. The van der Waals surface area contributed by atoms with Crippen LogP contribution in [0.15, 0.2) is 18.2 Å². The van der Waals surface area contributed by atoms with Gasteiger partial charge in [-0.2, -0.15) is 0 Å². The minimum Gasteiger partial charge on any atom is -0.508 e. The van der Waals surface area contributed by atoms with Crippen molar-refractivity contribution in [1.29, 1.82) is 0 Å². The standard InChI is InChI=1S/C11H13N3O2/c15-9-3-4-11-10(6-9)12-13-14(11)8-2-1-5-16-7-8/h3-4,6,8,15H,1-2,5,7H2. The highest BCUT2D eigenvalue weighted by atomic mass is 16.5. The molecular formula is C11H13N3O2. The summed E-state index contributed by atoms with van der Waals surface area (Å²) in [7, 11) is 0. The Kier molecular flexibility index (Phi) is 2.25. The molecule has 1 aromatic heterocycles. The van der Waals surface area contributed by atoms with E-state index >= 15 is 0 Å². The van der Waals surface area contributed by atoms with Gasteiger partial charge < -0.3 is 9.84 Å². The molecule has 0 amide bonds. The predicted octanol–water partition coefficient (Wildman–Crippen LogP) is 1.49. The molecule has 1 unspecified atom stereocenters. The van der Waals surface area contributed by atoms with Gasteiger partial charge in [0, 0.05) is 12.7 Å². The molecule has 84 valence electrons. The van der Waals surface area contributed by atoms with Crippen LogP contribution in [0.1, 0.15) is 18.9 Å². The average Bonchev–Trinajstić information content (AvgIpc) is 2.73. The van der Waals surface area contributed by atoms with Crippen LogP contribution in [0.25, 0.3) is 11.0 Å². The maximum Gasteiger partial charge on any atom is 0.117 e. The average molecular weight is 219 g/mol. The topological polar surface area (TPSA) is 60.2 Å². The molecule has 16 heavy (non-hydrogen) atoms. The van der Waals surface area contributed by atoms with Crippen LogP contribution < -0.4 is 0 Å². The van der Waals surface area contributed by atoms with E-state index in [0.29, 0.717) is 6.61 Å². The number of aromatic nitrogens is 3. The Hall–Kier alpha value is -1.62. The van der Waals surface area contributed by atoms with Crippen molar-refractivity contribution in [2.45, 2.75) is 18.9 Å². The highest BCUT2D eigenvalue weighted by Gasteiger charge is 2.19. The van der Waals surface area contributed by atoms with Crippen LogP contribution in [0.2, 0.25) is 0 Å². The molecular weight excluding hydrogens is 206 g/mol. The molecule has 1 fully saturated rings. The lowest BCUT2D eigenvalue weighted by Crippen LogP contribution is -2.22. The lowest BCUT2D eigenvalue weighted by molar-refractivity contribution is 0.0558. The molecule has 1 aliphatic rings. The first-order valence-corrected chi connectivity index (χ1v) is 5.46. The fraction of sp³-hybridized carbons (Fsp3) is 0.455. The second-order valence-electron chi connectivity index (χ2n) is 4.08. The van der Waals surface area contributed by atoms with Crippen molar-refractivity contribution in [3.8, 4) is 5.75 Å². The Labute approximate surface area is 92.6 Å². The van der Waals surface area contributed by atoms with Crippen LogP contribution >= 0.6 is 0 Å². The zero-order valence-electron chi connectivity index (χ0n) is 8.83. The Morgan fingerprint density at radius 2 is 2.38 bits per heavy atom. The number of fused-ring (bicyclic) bond motifs is 1. The normalized spacial score (nSPS) is 21.4.